The van der Waals surface area contributed by atoms with Crippen LogP contribution in [-0.4, -0.2) is 26.2 Å². The van der Waals surface area contributed by atoms with Crippen molar-refractivity contribution in [3.05, 3.63) is 95.6 Å². The summed E-state index contributed by atoms with van der Waals surface area (Å²) in [4.78, 5) is 24.1. The van der Waals surface area contributed by atoms with Gasteiger partial charge in [0.05, 0.1) is 19.8 Å². The average Bonchev–Trinajstić information content (AvgIpc) is 2.82. The number of hydrogen-bond acceptors (Lipinski definition) is 6. The number of hydrogen-bond donors (Lipinski definition) is 0. The van der Waals surface area contributed by atoms with E-state index in [-0.39, 0.29) is 6.61 Å². The molecule has 3 aromatic carbocycles. The van der Waals surface area contributed by atoms with Crippen molar-refractivity contribution in [2.24, 2.45) is 0 Å². The fraction of sp³-hybridized carbons (Fsp3) is 0.120. The SMILES string of the molecule is COc1ccc(COC(=O)/C=C/c2ccc(OC(=O)c3ccc(OC)cc3)cc2)cc1. The van der Waals surface area contributed by atoms with Gasteiger partial charge in [0.25, 0.3) is 0 Å². The molecule has 0 saturated heterocycles. The average molecular weight is 418 g/mol. The van der Waals surface area contributed by atoms with E-state index in [2.05, 4.69) is 0 Å². The largest absolute Gasteiger partial charge is 0.497 e. The molecule has 0 amide bonds. The summed E-state index contributed by atoms with van der Waals surface area (Å²) in [6, 6.07) is 20.7. The molecule has 0 aliphatic carbocycles. The van der Waals surface area contributed by atoms with E-state index in [1.165, 1.54) is 6.08 Å². The highest BCUT2D eigenvalue weighted by molar-refractivity contribution is 5.91. The van der Waals surface area contributed by atoms with Gasteiger partial charge in [0.1, 0.15) is 23.9 Å². The summed E-state index contributed by atoms with van der Waals surface area (Å²) in [6.45, 7) is 0.174. The van der Waals surface area contributed by atoms with Crippen LogP contribution in [0.4, 0.5) is 0 Å². The van der Waals surface area contributed by atoms with Crippen LogP contribution in [0.5, 0.6) is 17.2 Å². The van der Waals surface area contributed by atoms with Crippen LogP contribution in [0.15, 0.2) is 78.9 Å². The van der Waals surface area contributed by atoms with E-state index in [0.29, 0.717) is 17.1 Å². The molecule has 0 unspecified atom stereocenters. The fourth-order valence-corrected chi connectivity index (χ4v) is 2.63. The highest BCUT2D eigenvalue weighted by Crippen LogP contribution is 2.17. The van der Waals surface area contributed by atoms with Crippen LogP contribution in [-0.2, 0) is 16.1 Å². The minimum atomic E-state index is -0.465. The van der Waals surface area contributed by atoms with E-state index in [1.807, 2.05) is 24.3 Å². The van der Waals surface area contributed by atoms with Crippen LogP contribution in [0, 0.1) is 0 Å². The molecule has 6 heteroatoms. The monoisotopic (exact) mass is 418 g/mol. The molecule has 158 valence electrons. The zero-order chi connectivity index (χ0) is 22.1. The number of ether oxygens (including phenoxy) is 4. The summed E-state index contributed by atoms with van der Waals surface area (Å²) in [5.41, 5.74) is 2.06. The van der Waals surface area contributed by atoms with Gasteiger partial charge in [0, 0.05) is 6.08 Å². The topological polar surface area (TPSA) is 71.1 Å². The Morgan fingerprint density at radius 2 is 1.29 bits per heavy atom. The summed E-state index contributed by atoms with van der Waals surface area (Å²) in [5.74, 6) is 0.891. The van der Waals surface area contributed by atoms with Crippen molar-refractivity contribution in [1.29, 1.82) is 0 Å². The molecule has 0 aromatic heterocycles. The predicted octanol–water partition coefficient (Wildman–Crippen LogP) is 4.68. The molecule has 3 aromatic rings. The molecular weight excluding hydrogens is 396 g/mol. The lowest BCUT2D eigenvalue weighted by Gasteiger charge is -2.06. The van der Waals surface area contributed by atoms with Crippen LogP contribution < -0.4 is 14.2 Å². The molecule has 6 nitrogen and oxygen atoms in total. The Morgan fingerprint density at radius 1 is 0.742 bits per heavy atom. The van der Waals surface area contributed by atoms with Gasteiger partial charge in [-0.1, -0.05) is 24.3 Å². The van der Waals surface area contributed by atoms with Gasteiger partial charge in [0.2, 0.25) is 0 Å². The first kappa shape index (κ1) is 21.6. The van der Waals surface area contributed by atoms with Crippen molar-refractivity contribution in [2.45, 2.75) is 6.61 Å². The fourth-order valence-electron chi connectivity index (χ4n) is 2.63. The van der Waals surface area contributed by atoms with E-state index in [9.17, 15) is 9.59 Å². The molecule has 0 fully saturated rings. The molecule has 3 rings (SSSR count). The highest BCUT2D eigenvalue weighted by atomic mass is 16.5. The van der Waals surface area contributed by atoms with E-state index in [4.69, 9.17) is 18.9 Å². The molecule has 0 heterocycles. The van der Waals surface area contributed by atoms with E-state index < -0.39 is 11.9 Å². The second-order valence-corrected chi connectivity index (χ2v) is 6.48. The first-order valence-electron chi connectivity index (χ1n) is 9.51. The van der Waals surface area contributed by atoms with Crippen LogP contribution in [0.2, 0.25) is 0 Å². The number of benzene rings is 3. The minimum absolute atomic E-state index is 0.174. The number of carbonyl (C=O) groups is 2. The Balaban J connectivity index is 1.50. The number of rotatable bonds is 8. The maximum atomic E-state index is 12.2. The summed E-state index contributed by atoms with van der Waals surface area (Å²) >= 11 is 0. The van der Waals surface area contributed by atoms with Crippen LogP contribution >= 0.6 is 0 Å². The standard InChI is InChI=1S/C25H22O6/c1-28-21-10-5-19(6-11-21)17-30-24(26)16-7-18-3-12-23(13-4-18)31-25(27)20-8-14-22(29-2)15-9-20/h3-16H,17H2,1-2H3/b16-7+. The van der Waals surface area contributed by atoms with Gasteiger partial charge < -0.3 is 18.9 Å². The van der Waals surface area contributed by atoms with Gasteiger partial charge in [-0.3, -0.25) is 0 Å². The third-order valence-electron chi connectivity index (χ3n) is 4.37. The Labute approximate surface area is 180 Å². The molecule has 0 bridgehead atoms. The Morgan fingerprint density at radius 3 is 1.87 bits per heavy atom. The van der Waals surface area contributed by atoms with Gasteiger partial charge >= 0.3 is 11.9 Å². The van der Waals surface area contributed by atoms with Crippen molar-refractivity contribution in [3.63, 3.8) is 0 Å². The lowest BCUT2D eigenvalue weighted by molar-refractivity contribution is -0.138. The van der Waals surface area contributed by atoms with Gasteiger partial charge in [-0.15, -0.1) is 0 Å². The smallest absolute Gasteiger partial charge is 0.343 e. The summed E-state index contributed by atoms with van der Waals surface area (Å²) < 4.78 is 20.7. The lowest BCUT2D eigenvalue weighted by Crippen LogP contribution is -2.08. The third-order valence-corrected chi connectivity index (χ3v) is 4.37. The Kier molecular flexibility index (Phi) is 7.43. The molecule has 31 heavy (non-hydrogen) atoms. The van der Waals surface area contributed by atoms with E-state index in [1.54, 1.807) is 68.8 Å². The van der Waals surface area contributed by atoms with Crippen LogP contribution in [0.1, 0.15) is 21.5 Å². The first-order valence-corrected chi connectivity index (χ1v) is 9.51. The Hall–Kier alpha value is -4.06. The number of methoxy groups -OCH3 is 2. The molecule has 0 atom stereocenters. The van der Waals surface area contributed by atoms with Gasteiger partial charge in [-0.05, 0) is 65.7 Å². The van der Waals surface area contributed by atoms with Crippen molar-refractivity contribution in [2.75, 3.05) is 14.2 Å². The Bertz CT molecular complexity index is 1030. The second kappa shape index (κ2) is 10.6. The van der Waals surface area contributed by atoms with Crippen LogP contribution in [0.25, 0.3) is 6.08 Å². The zero-order valence-corrected chi connectivity index (χ0v) is 17.2. The lowest BCUT2D eigenvalue weighted by atomic mass is 10.2. The molecule has 0 aliphatic heterocycles. The van der Waals surface area contributed by atoms with Gasteiger partial charge in [0.15, 0.2) is 0 Å². The molecule has 0 spiro atoms. The minimum Gasteiger partial charge on any atom is -0.497 e. The molecule has 0 saturated carbocycles. The van der Waals surface area contributed by atoms with E-state index >= 15 is 0 Å². The van der Waals surface area contributed by atoms with Crippen molar-refractivity contribution in [3.8, 4) is 17.2 Å². The molecular formula is C25H22O6. The summed E-state index contributed by atoms with van der Waals surface area (Å²) in [6.07, 6.45) is 2.98. The number of esters is 2. The maximum Gasteiger partial charge on any atom is 0.343 e. The normalized spacial score (nSPS) is 10.5. The molecule has 0 aliphatic rings. The summed E-state index contributed by atoms with van der Waals surface area (Å²) in [5, 5.41) is 0. The van der Waals surface area contributed by atoms with Crippen molar-refractivity contribution >= 4 is 18.0 Å². The van der Waals surface area contributed by atoms with Crippen LogP contribution in [0.3, 0.4) is 0 Å². The zero-order valence-electron chi connectivity index (χ0n) is 17.2. The third kappa shape index (κ3) is 6.47. The highest BCUT2D eigenvalue weighted by Gasteiger charge is 2.08. The first-order chi connectivity index (χ1) is 15.1. The van der Waals surface area contributed by atoms with Gasteiger partial charge in [-0.25, -0.2) is 9.59 Å². The molecule has 0 N–H and O–H groups in total. The number of carbonyl (C=O) groups excluding carboxylic acids is 2. The second-order valence-electron chi connectivity index (χ2n) is 6.48. The quantitative estimate of drug-likeness (QED) is 0.301. The summed E-state index contributed by atoms with van der Waals surface area (Å²) in [7, 11) is 3.15. The molecule has 0 radical (unpaired) electrons. The van der Waals surface area contributed by atoms with Crippen molar-refractivity contribution in [1.82, 2.24) is 0 Å². The maximum absolute atomic E-state index is 12.2. The van der Waals surface area contributed by atoms with Crippen molar-refractivity contribution < 1.29 is 28.5 Å². The predicted molar refractivity (Wildman–Crippen MR) is 116 cm³/mol. The van der Waals surface area contributed by atoms with Gasteiger partial charge in [-0.2, -0.15) is 0 Å². The van der Waals surface area contributed by atoms with E-state index in [0.717, 1.165) is 16.9 Å².